The number of nitro benzene ring substituents is 2. The minimum atomic E-state index is -0.574. The first-order chi connectivity index (χ1) is 24.3. The molecule has 50 heavy (non-hydrogen) atoms. The quantitative estimate of drug-likeness (QED) is 0.0830. The number of aromatic nitrogens is 6. The van der Waals surface area contributed by atoms with Crippen LogP contribution < -0.4 is 10.6 Å². The Morgan fingerprint density at radius 3 is 1.36 bits per heavy atom. The van der Waals surface area contributed by atoms with Crippen LogP contribution in [0.1, 0.15) is 33.8 Å². The highest BCUT2D eigenvalue weighted by Crippen LogP contribution is 2.27. The largest absolute Gasteiger partial charge is 0.315 e. The van der Waals surface area contributed by atoms with E-state index in [1.807, 2.05) is 0 Å². The zero-order valence-electron chi connectivity index (χ0n) is 26.2. The van der Waals surface area contributed by atoms with E-state index in [9.17, 15) is 29.8 Å². The van der Waals surface area contributed by atoms with E-state index < -0.39 is 21.7 Å². The molecule has 16 heteroatoms. The molecule has 6 rings (SSSR count). The highest BCUT2D eigenvalue weighted by atomic mass is 16.6. The fraction of sp³-hybridized carbons (Fsp3) is 0.118. The Kier molecular flexibility index (Phi) is 9.69. The molecule has 0 unspecified atom stereocenters. The molecule has 0 spiro atoms. The van der Waals surface area contributed by atoms with Gasteiger partial charge < -0.3 is 10.6 Å². The van der Waals surface area contributed by atoms with Crippen LogP contribution in [-0.2, 0) is 13.1 Å². The smallest absolute Gasteiger partial charge is 0.292 e. The van der Waals surface area contributed by atoms with Crippen molar-refractivity contribution in [2.45, 2.75) is 25.9 Å². The predicted octanol–water partition coefficient (Wildman–Crippen LogP) is 6.01. The molecule has 0 atom stereocenters. The number of nitro groups is 2. The van der Waals surface area contributed by atoms with Crippen LogP contribution in [0.25, 0.3) is 22.5 Å². The van der Waals surface area contributed by atoms with E-state index in [0.29, 0.717) is 37.3 Å². The molecule has 4 heterocycles. The van der Waals surface area contributed by atoms with E-state index in [2.05, 4.69) is 30.8 Å². The summed E-state index contributed by atoms with van der Waals surface area (Å²) < 4.78 is 3.07. The first-order valence-electron chi connectivity index (χ1n) is 15.3. The van der Waals surface area contributed by atoms with E-state index in [1.54, 1.807) is 73.3 Å². The van der Waals surface area contributed by atoms with E-state index in [1.165, 1.54) is 45.8 Å². The molecule has 0 saturated carbocycles. The molecule has 16 nitrogen and oxygen atoms in total. The molecule has 0 aliphatic heterocycles. The lowest BCUT2D eigenvalue weighted by molar-refractivity contribution is -0.384. The number of hydrogen-bond acceptors (Lipinski definition) is 10. The number of aryl methyl sites for hydroxylation is 2. The van der Waals surface area contributed by atoms with Gasteiger partial charge >= 0.3 is 0 Å². The minimum Gasteiger partial charge on any atom is -0.315 e. The van der Waals surface area contributed by atoms with Gasteiger partial charge in [-0.2, -0.15) is 10.2 Å². The Balaban J connectivity index is 1.22. The maximum Gasteiger partial charge on any atom is 0.292 e. The zero-order chi connectivity index (χ0) is 35.0. The van der Waals surface area contributed by atoms with Gasteiger partial charge in [0.2, 0.25) is 0 Å². The standard InChI is InChI=1S/C34H28N10O6/c45-33(37-25-7-1-3-9-29(25)43(47)48)31-21-27(23-11-15-35-16-12-23)39-41(31)19-5-6-20-42-32(22-28(40-42)24-13-17-36-18-14-24)34(46)38-26-8-2-4-10-30(26)44(49)50/h1-4,7-18,21-22H,5-6,19-20H2,(H,37,45)(H,38,46). The first-order valence-corrected chi connectivity index (χ1v) is 15.3. The van der Waals surface area contributed by atoms with E-state index in [4.69, 9.17) is 0 Å². The molecule has 4 aromatic heterocycles. The van der Waals surface area contributed by atoms with Crippen LogP contribution in [0.15, 0.2) is 110 Å². The SMILES string of the molecule is O=C(Nc1ccccc1[N+](=O)[O-])c1cc(-c2ccncc2)nn1CCCCn1nc(-c2ccncc2)cc1C(=O)Nc1ccccc1[N+](=O)[O-]. The summed E-state index contributed by atoms with van der Waals surface area (Å²) in [5.74, 6) is -1.15. The van der Waals surface area contributed by atoms with Crippen molar-refractivity contribution < 1.29 is 19.4 Å². The molecule has 0 aliphatic rings. The number of anilines is 2. The summed E-state index contributed by atoms with van der Waals surface area (Å²) in [5, 5.41) is 37.7. The van der Waals surface area contributed by atoms with Gasteiger partial charge in [0.1, 0.15) is 22.8 Å². The Morgan fingerprint density at radius 1 is 0.600 bits per heavy atom. The second kappa shape index (κ2) is 14.8. The summed E-state index contributed by atoms with van der Waals surface area (Å²) >= 11 is 0. The van der Waals surface area contributed by atoms with Crippen molar-refractivity contribution in [3.8, 4) is 22.5 Å². The fourth-order valence-electron chi connectivity index (χ4n) is 5.24. The molecule has 2 amide bonds. The van der Waals surface area contributed by atoms with Crippen LogP contribution >= 0.6 is 0 Å². The van der Waals surface area contributed by atoms with Gasteiger partial charge in [-0.05, 0) is 61.4 Å². The van der Waals surface area contributed by atoms with Crippen LogP contribution in [0, 0.1) is 20.2 Å². The molecular weight excluding hydrogens is 644 g/mol. The Morgan fingerprint density at radius 2 is 0.980 bits per heavy atom. The van der Waals surface area contributed by atoms with Crippen molar-refractivity contribution in [1.29, 1.82) is 0 Å². The van der Waals surface area contributed by atoms with E-state index in [0.717, 1.165) is 11.1 Å². The molecule has 0 bridgehead atoms. The van der Waals surface area contributed by atoms with Crippen molar-refractivity contribution >= 4 is 34.6 Å². The highest BCUT2D eigenvalue weighted by molar-refractivity contribution is 6.05. The van der Waals surface area contributed by atoms with Gasteiger partial charge in [-0.15, -0.1) is 0 Å². The molecule has 0 saturated heterocycles. The second-order valence-electron chi connectivity index (χ2n) is 10.9. The third-order valence-electron chi connectivity index (χ3n) is 7.67. The third kappa shape index (κ3) is 7.38. The number of hydrogen-bond donors (Lipinski definition) is 2. The lowest BCUT2D eigenvalue weighted by Gasteiger charge is -2.10. The number of carbonyl (C=O) groups is 2. The fourth-order valence-corrected chi connectivity index (χ4v) is 5.24. The van der Waals surface area contributed by atoms with Gasteiger partial charge in [0.25, 0.3) is 23.2 Å². The summed E-state index contributed by atoms with van der Waals surface area (Å²) in [6.07, 6.45) is 7.42. The summed E-state index contributed by atoms with van der Waals surface area (Å²) in [6.45, 7) is 0.585. The van der Waals surface area contributed by atoms with Crippen molar-refractivity contribution in [1.82, 2.24) is 29.5 Å². The van der Waals surface area contributed by atoms with Gasteiger partial charge in [-0.25, -0.2) is 0 Å². The zero-order valence-corrected chi connectivity index (χ0v) is 26.2. The number of carbonyl (C=O) groups excluding carboxylic acids is 2. The Hall–Kier alpha value is -7.10. The van der Waals surface area contributed by atoms with Crippen LogP contribution in [0.3, 0.4) is 0 Å². The summed E-state index contributed by atoms with van der Waals surface area (Å²) in [7, 11) is 0. The van der Waals surface area contributed by atoms with Gasteiger partial charge in [-0.1, -0.05) is 24.3 Å². The van der Waals surface area contributed by atoms with Gasteiger partial charge in [0.15, 0.2) is 0 Å². The molecule has 0 aliphatic carbocycles. The number of unbranched alkanes of at least 4 members (excludes halogenated alkanes) is 1. The summed E-state index contributed by atoms with van der Waals surface area (Å²) in [4.78, 5) is 56.9. The number of benzene rings is 2. The maximum absolute atomic E-state index is 13.5. The van der Waals surface area contributed by atoms with Crippen LogP contribution in [0.5, 0.6) is 0 Å². The number of amides is 2. The number of pyridine rings is 2. The third-order valence-corrected chi connectivity index (χ3v) is 7.67. The van der Waals surface area contributed by atoms with Crippen molar-refractivity contribution in [3.05, 3.63) is 141 Å². The Bertz CT molecular complexity index is 2030. The minimum absolute atomic E-state index is 0.0519. The van der Waals surface area contributed by atoms with Gasteiger partial charge in [-0.3, -0.25) is 49.1 Å². The van der Waals surface area contributed by atoms with E-state index >= 15 is 0 Å². The molecule has 2 N–H and O–H groups in total. The molecule has 0 radical (unpaired) electrons. The van der Waals surface area contributed by atoms with Crippen LogP contribution in [-0.4, -0.2) is 51.2 Å². The first kappa shape index (κ1) is 32.8. The molecule has 6 aromatic rings. The number of para-hydroxylation sites is 4. The Labute approximate surface area is 283 Å². The van der Waals surface area contributed by atoms with Crippen molar-refractivity contribution in [2.24, 2.45) is 0 Å². The normalized spacial score (nSPS) is 10.8. The van der Waals surface area contributed by atoms with Crippen LogP contribution in [0.4, 0.5) is 22.7 Å². The highest BCUT2D eigenvalue weighted by Gasteiger charge is 2.22. The lowest BCUT2D eigenvalue weighted by atomic mass is 10.2. The van der Waals surface area contributed by atoms with Gasteiger partial charge in [0, 0.05) is 61.1 Å². The molecule has 0 fully saturated rings. The number of nitrogens with zero attached hydrogens (tertiary/aromatic N) is 8. The molecule has 250 valence electrons. The maximum atomic E-state index is 13.5. The average Bonchev–Trinajstić information content (AvgIpc) is 3.76. The predicted molar refractivity (Wildman–Crippen MR) is 182 cm³/mol. The van der Waals surface area contributed by atoms with E-state index in [-0.39, 0.29) is 34.1 Å². The summed E-state index contributed by atoms with van der Waals surface area (Å²) in [6, 6.07) is 22.0. The van der Waals surface area contributed by atoms with Crippen molar-refractivity contribution in [3.63, 3.8) is 0 Å². The summed E-state index contributed by atoms with van der Waals surface area (Å²) in [5.41, 5.74) is 2.50. The van der Waals surface area contributed by atoms with Gasteiger partial charge in [0.05, 0.1) is 21.2 Å². The lowest BCUT2D eigenvalue weighted by Crippen LogP contribution is -2.20. The number of rotatable bonds is 13. The number of nitrogens with one attached hydrogen (secondary N) is 2. The molecular formula is C34H28N10O6. The van der Waals surface area contributed by atoms with Crippen LogP contribution in [0.2, 0.25) is 0 Å². The second-order valence-corrected chi connectivity index (χ2v) is 10.9. The van der Waals surface area contributed by atoms with Crippen molar-refractivity contribution in [2.75, 3.05) is 10.6 Å². The monoisotopic (exact) mass is 672 g/mol. The molecule has 2 aromatic carbocycles. The topological polar surface area (TPSA) is 206 Å². The average molecular weight is 673 g/mol.